The molecule has 0 fully saturated rings. The van der Waals surface area contributed by atoms with Gasteiger partial charge in [0.15, 0.2) is 0 Å². The highest BCUT2D eigenvalue weighted by Crippen LogP contribution is 2.30. The van der Waals surface area contributed by atoms with E-state index in [1.807, 2.05) is 12.1 Å². The second-order valence-electron chi connectivity index (χ2n) is 4.98. The molecular formula is C17H10ClN2O2. The van der Waals surface area contributed by atoms with Gasteiger partial charge in [0.2, 0.25) is 0 Å². The first-order chi connectivity index (χ1) is 10.6. The van der Waals surface area contributed by atoms with Crippen molar-refractivity contribution in [2.75, 3.05) is 0 Å². The molecule has 2 aromatic carbocycles. The van der Waals surface area contributed by atoms with Gasteiger partial charge in [-0.15, -0.1) is 0 Å². The summed E-state index contributed by atoms with van der Waals surface area (Å²) in [6.45, 7) is 1.77. The molecule has 2 aromatic rings. The molecular weight excluding hydrogens is 300 g/mol. The Hall–Kier alpha value is -2.59. The van der Waals surface area contributed by atoms with Crippen molar-refractivity contribution in [2.45, 2.75) is 6.92 Å². The summed E-state index contributed by atoms with van der Waals surface area (Å²) in [6, 6.07) is 15.5. The average molecular weight is 310 g/mol. The lowest BCUT2D eigenvalue weighted by atomic mass is 10.1. The number of aromatic nitrogens is 2. The third-order valence-electron chi connectivity index (χ3n) is 3.58. The first-order valence-electron chi connectivity index (χ1n) is 6.74. The van der Waals surface area contributed by atoms with Crippen LogP contribution < -0.4 is 5.56 Å². The number of hydrogen-bond donors (Lipinski definition) is 0. The average Bonchev–Trinajstić information content (AvgIpc) is 2.87. The molecule has 0 bridgehead atoms. The summed E-state index contributed by atoms with van der Waals surface area (Å²) in [5.74, 6) is 0.548. The maximum absolute atomic E-state index is 12.7. The molecule has 0 atom stereocenters. The van der Waals surface area contributed by atoms with Crippen molar-refractivity contribution >= 4 is 22.6 Å². The quantitative estimate of drug-likeness (QED) is 0.536. The molecule has 0 aromatic heterocycles. The minimum atomic E-state index is -0.210. The maximum Gasteiger partial charge on any atom is 0.284 e. The minimum Gasteiger partial charge on any atom is -0.460 e. The number of hydrogen-bond acceptors (Lipinski definition) is 3. The van der Waals surface area contributed by atoms with Crippen LogP contribution in [-0.4, -0.2) is 9.78 Å². The van der Waals surface area contributed by atoms with Gasteiger partial charge < -0.3 is 4.42 Å². The van der Waals surface area contributed by atoms with Crippen LogP contribution in [0.1, 0.15) is 5.76 Å². The van der Waals surface area contributed by atoms with Gasteiger partial charge in [-0.05, 0) is 43.3 Å². The molecule has 5 heteroatoms. The largest absolute Gasteiger partial charge is 0.460 e. The van der Waals surface area contributed by atoms with E-state index >= 15 is 0 Å². The van der Waals surface area contributed by atoms with E-state index in [4.69, 9.17) is 16.0 Å². The summed E-state index contributed by atoms with van der Waals surface area (Å²) in [4.78, 5) is 12.7. The molecule has 2 aliphatic heterocycles. The van der Waals surface area contributed by atoms with Crippen LogP contribution in [0, 0.1) is 13.0 Å². The van der Waals surface area contributed by atoms with Gasteiger partial charge in [0.1, 0.15) is 22.6 Å². The van der Waals surface area contributed by atoms with Crippen molar-refractivity contribution in [1.82, 2.24) is 9.78 Å². The van der Waals surface area contributed by atoms with Crippen molar-refractivity contribution in [3.63, 3.8) is 0 Å². The van der Waals surface area contributed by atoms with E-state index in [2.05, 4.69) is 11.2 Å². The highest BCUT2D eigenvalue weighted by molar-refractivity contribution is 6.30. The topological polar surface area (TPSA) is 48.0 Å². The fourth-order valence-electron chi connectivity index (χ4n) is 2.56. The van der Waals surface area contributed by atoms with Gasteiger partial charge in [0.05, 0.1) is 11.1 Å². The molecule has 4 rings (SSSR count). The lowest BCUT2D eigenvalue weighted by molar-refractivity contribution is 0.567. The van der Waals surface area contributed by atoms with Gasteiger partial charge in [-0.3, -0.25) is 4.79 Å². The first kappa shape index (κ1) is 13.1. The Bertz CT molecular complexity index is 1020. The molecule has 1 radical (unpaired) electrons. The third kappa shape index (κ3) is 1.84. The van der Waals surface area contributed by atoms with Gasteiger partial charge in [-0.2, -0.15) is 9.78 Å². The van der Waals surface area contributed by atoms with Crippen LogP contribution in [0.25, 0.3) is 27.9 Å². The van der Waals surface area contributed by atoms with Crippen LogP contribution in [-0.2, 0) is 0 Å². The van der Waals surface area contributed by atoms with Crippen molar-refractivity contribution in [1.29, 1.82) is 0 Å². The van der Waals surface area contributed by atoms with E-state index in [1.54, 1.807) is 37.3 Å². The van der Waals surface area contributed by atoms with Crippen LogP contribution in [0.15, 0.2) is 51.7 Å². The lowest BCUT2D eigenvalue weighted by Crippen LogP contribution is -2.14. The first-order valence-corrected chi connectivity index (χ1v) is 7.12. The van der Waals surface area contributed by atoms with Gasteiger partial charge >= 0.3 is 0 Å². The molecule has 2 aliphatic rings. The van der Waals surface area contributed by atoms with E-state index < -0.39 is 0 Å². The number of aryl methyl sites for hydroxylation is 1. The van der Waals surface area contributed by atoms with Crippen LogP contribution in [0.4, 0.5) is 0 Å². The van der Waals surface area contributed by atoms with Crippen LogP contribution >= 0.6 is 11.6 Å². The Labute approximate surface area is 130 Å². The Kier molecular flexibility index (Phi) is 2.81. The molecule has 22 heavy (non-hydrogen) atoms. The van der Waals surface area contributed by atoms with E-state index in [1.165, 1.54) is 4.68 Å². The number of benzene rings is 2. The number of halogens is 1. The molecule has 2 heterocycles. The van der Waals surface area contributed by atoms with E-state index in [9.17, 15) is 4.79 Å². The van der Waals surface area contributed by atoms with Gasteiger partial charge in [-0.25, -0.2) is 0 Å². The summed E-state index contributed by atoms with van der Waals surface area (Å²) < 4.78 is 7.08. The Morgan fingerprint density at radius 3 is 2.77 bits per heavy atom. The van der Waals surface area contributed by atoms with Crippen LogP contribution in [0.5, 0.6) is 0 Å². The monoisotopic (exact) mass is 309 g/mol. The van der Waals surface area contributed by atoms with Gasteiger partial charge in [0.25, 0.3) is 5.56 Å². The highest BCUT2D eigenvalue weighted by Gasteiger charge is 2.23. The Morgan fingerprint density at radius 2 is 2.00 bits per heavy atom. The molecule has 0 saturated heterocycles. The summed E-state index contributed by atoms with van der Waals surface area (Å²) in [5, 5.41) is 5.78. The minimum absolute atomic E-state index is 0.210. The summed E-state index contributed by atoms with van der Waals surface area (Å²) in [7, 11) is 0. The van der Waals surface area contributed by atoms with Crippen molar-refractivity contribution in [3.05, 3.63) is 69.7 Å². The molecule has 107 valence electrons. The molecule has 0 saturated carbocycles. The fraction of sp³-hybridized carbons (Fsp3) is 0.0588. The highest BCUT2D eigenvalue weighted by atomic mass is 35.5. The van der Waals surface area contributed by atoms with E-state index in [-0.39, 0.29) is 5.56 Å². The number of rotatable bonds is 1. The SMILES string of the molecule is Cc1oc2ccc[c]c2c2nn(-c3ccc(Cl)cc3)c(=O)c1-2. The second-order valence-corrected chi connectivity index (χ2v) is 5.42. The summed E-state index contributed by atoms with van der Waals surface area (Å²) >= 11 is 5.89. The molecule has 0 amide bonds. The predicted octanol–water partition coefficient (Wildman–Crippen LogP) is 3.85. The Balaban J connectivity index is 2.10. The molecule has 0 unspecified atom stereocenters. The summed E-state index contributed by atoms with van der Waals surface area (Å²) in [6.07, 6.45) is 0. The van der Waals surface area contributed by atoms with Gasteiger partial charge in [0, 0.05) is 5.02 Å². The predicted molar refractivity (Wildman–Crippen MR) is 84.8 cm³/mol. The van der Waals surface area contributed by atoms with Crippen molar-refractivity contribution in [2.24, 2.45) is 0 Å². The van der Waals surface area contributed by atoms with Crippen LogP contribution in [0.2, 0.25) is 5.02 Å². The van der Waals surface area contributed by atoms with E-state index in [0.717, 1.165) is 0 Å². The zero-order valence-corrected chi connectivity index (χ0v) is 12.4. The maximum atomic E-state index is 12.7. The zero-order chi connectivity index (χ0) is 15.3. The molecule has 0 aliphatic carbocycles. The van der Waals surface area contributed by atoms with E-state index in [0.29, 0.717) is 38.7 Å². The molecule has 4 nitrogen and oxygen atoms in total. The zero-order valence-electron chi connectivity index (χ0n) is 11.6. The van der Waals surface area contributed by atoms with Gasteiger partial charge in [-0.1, -0.05) is 23.7 Å². The number of nitrogens with zero attached hydrogens (tertiary/aromatic N) is 2. The standard InChI is InChI=1S/C17H10ClN2O2/c1-10-15-16(13-4-2-3-5-14(13)22-10)19-20(17(15)21)12-8-6-11(18)7-9-12/h2-3,5-9H,1H3. The van der Waals surface area contributed by atoms with Crippen molar-refractivity contribution in [3.8, 4) is 16.9 Å². The normalized spacial score (nSPS) is 11.4. The third-order valence-corrected chi connectivity index (χ3v) is 3.84. The lowest BCUT2D eigenvalue weighted by Gasteiger charge is -2.03. The molecule has 0 spiro atoms. The summed E-state index contributed by atoms with van der Waals surface area (Å²) in [5.41, 5.74) is 2.18. The van der Waals surface area contributed by atoms with Crippen LogP contribution in [0.3, 0.4) is 0 Å². The molecule has 0 N–H and O–H groups in total. The fourth-order valence-corrected chi connectivity index (χ4v) is 2.69. The van der Waals surface area contributed by atoms with Crippen molar-refractivity contribution < 1.29 is 4.42 Å². The smallest absolute Gasteiger partial charge is 0.284 e. The second kappa shape index (κ2) is 4.71. The Morgan fingerprint density at radius 1 is 1.23 bits per heavy atom. The number of fused-ring (bicyclic) bond motifs is 3.